The summed E-state index contributed by atoms with van der Waals surface area (Å²) in [6.07, 6.45) is 12.7. The number of carbonyl (C=O) groups excluding carboxylic acids is 1. The molecule has 0 bridgehead atoms. The molecular formula is C33H37N3O2. The fraction of sp³-hybridized carbons (Fsp3) is 0.394. The minimum absolute atomic E-state index is 0.0179. The Labute approximate surface area is 224 Å². The Morgan fingerprint density at radius 2 is 1.74 bits per heavy atom. The molecule has 196 valence electrons. The molecule has 3 aromatic rings. The molecule has 0 spiro atoms. The largest absolute Gasteiger partial charge is 0.349 e. The van der Waals surface area contributed by atoms with Gasteiger partial charge in [0.05, 0.1) is 6.54 Å². The summed E-state index contributed by atoms with van der Waals surface area (Å²) in [6.45, 7) is 7.00. The maximum Gasteiger partial charge on any atom is 0.258 e. The van der Waals surface area contributed by atoms with Gasteiger partial charge >= 0.3 is 0 Å². The summed E-state index contributed by atoms with van der Waals surface area (Å²) in [5.74, 6) is 1.03. The van der Waals surface area contributed by atoms with Crippen LogP contribution in [0.5, 0.6) is 0 Å². The number of nitrogens with zero attached hydrogens (tertiary/aromatic N) is 1. The zero-order valence-electron chi connectivity index (χ0n) is 22.4. The van der Waals surface area contributed by atoms with E-state index in [0.717, 1.165) is 59.0 Å². The van der Waals surface area contributed by atoms with E-state index in [1.165, 1.54) is 18.4 Å². The first kappa shape index (κ1) is 24.9. The Morgan fingerprint density at radius 3 is 2.47 bits per heavy atom. The van der Waals surface area contributed by atoms with Crippen molar-refractivity contribution in [2.24, 2.45) is 5.92 Å². The number of aromatic nitrogens is 1. The average Bonchev–Trinajstić information content (AvgIpc) is 3.76. The first-order chi connectivity index (χ1) is 18.5. The molecule has 2 aromatic carbocycles. The van der Waals surface area contributed by atoms with Crippen molar-refractivity contribution in [2.75, 3.05) is 13.1 Å². The molecule has 6 rings (SSSR count). The number of hydrogen-bond acceptors (Lipinski definition) is 3. The molecule has 1 saturated carbocycles. The molecule has 1 aliphatic heterocycles. The van der Waals surface area contributed by atoms with Crippen molar-refractivity contribution in [1.29, 1.82) is 0 Å². The first-order valence-corrected chi connectivity index (χ1v) is 14.1. The van der Waals surface area contributed by atoms with Gasteiger partial charge in [-0.15, -0.1) is 0 Å². The third kappa shape index (κ3) is 5.12. The number of nitrogens with one attached hydrogen (secondary N) is 2. The maximum atomic E-state index is 13.5. The molecule has 2 fully saturated rings. The van der Waals surface area contributed by atoms with Crippen molar-refractivity contribution < 1.29 is 4.79 Å². The number of benzene rings is 2. The second kappa shape index (κ2) is 10.4. The van der Waals surface area contributed by atoms with Gasteiger partial charge in [0, 0.05) is 29.1 Å². The van der Waals surface area contributed by atoms with E-state index in [9.17, 15) is 9.59 Å². The summed E-state index contributed by atoms with van der Waals surface area (Å²) in [4.78, 5) is 26.1. The first-order valence-electron chi connectivity index (χ1n) is 14.1. The Hall–Kier alpha value is -3.44. The highest BCUT2D eigenvalue weighted by atomic mass is 16.2. The van der Waals surface area contributed by atoms with Crippen LogP contribution in [0.15, 0.2) is 77.3 Å². The number of hydrogen-bond donors (Lipinski definition) is 2. The van der Waals surface area contributed by atoms with Gasteiger partial charge in [-0.25, -0.2) is 0 Å². The van der Waals surface area contributed by atoms with Crippen molar-refractivity contribution in [3.63, 3.8) is 0 Å². The number of amides is 1. The van der Waals surface area contributed by atoms with Gasteiger partial charge in [-0.3, -0.25) is 9.59 Å². The second-order valence-corrected chi connectivity index (χ2v) is 11.4. The standard InChI is InChI=1S/C33H37N3O2/c1-21-3-6-27(32(37)35-28-10-11-28)18-30(21)26-9-12-29-31(17-26)22(2)19-36(33(29)38)20-23-4-7-24(8-5-23)25-13-15-34-16-14-25/h3-9,12,17-19,21,25,28,30,34H,10-11,13-16,20H2,1-2H3,(H,35,37). The van der Waals surface area contributed by atoms with Gasteiger partial charge < -0.3 is 15.2 Å². The van der Waals surface area contributed by atoms with Crippen LogP contribution in [0, 0.1) is 12.8 Å². The SMILES string of the molecule is Cc1cn(Cc2ccc(C3CCNCC3)cc2)c(=O)c2ccc(C3C=C(C(=O)NC4CC4)C=CC3C)cc12. The predicted octanol–water partition coefficient (Wildman–Crippen LogP) is 5.32. The van der Waals surface area contributed by atoms with Gasteiger partial charge in [-0.1, -0.05) is 61.5 Å². The average molecular weight is 508 g/mol. The molecule has 1 aromatic heterocycles. The molecule has 0 radical (unpaired) electrons. The van der Waals surface area contributed by atoms with Crippen molar-refractivity contribution in [2.45, 2.75) is 64.0 Å². The lowest BCUT2D eigenvalue weighted by Gasteiger charge is -2.24. The number of allylic oxidation sites excluding steroid dienone is 2. The summed E-state index contributed by atoms with van der Waals surface area (Å²) in [5.41, 5.74) is 5.54. The molecule has 2 unspecified atom stereocenters. The van der Waals surface area contributed by atoms with Crippen LogP contribution in [-0.2, 0) is 11.3 Å². The lowest BCUT2D eigenvalue weighted by molar-refractivity contribution is -0.117. The number of rotatable bonds is 6. The topological polar surface area (TPSA) is 63.1 Å². The smallest absolute Gasteiger partial charge is 0.258 e. The van der Waals surface area contributed by atoms with E-state index in [0.29, 0.717) is 18.5 Å². The summed E-state index contributed by atoms with van der Waals surface area (Å²) in [6, 6.07) is 15.4. The molecule has 2 aliphatic carbocycles. The predicted molar refractivity (Wildman–Crippen MR) is 154 cm³/mol. The quantitative estimate of drug-likeness (QED) is 0.475. The zero-order chi connectivity index (χ0) is 26.2. The second-order valence-electron chi connectivity index (χ2n) is 11.4. The molecule has 1 saturated heterocycles. The van der Waals surface area contributed by atoms with Crippen LogP contribution in [0.25, 0.3) is 10.8 Å². The minimum Gasteiger partial charge on any atom is -0.349 e. The van der Waals surface area contributed by atoms with Gasteiger partial charge in [0.25, 0.3) is 11.5 Å². The van der Waals surface area contributed by atoms with Gasteiger partial charge in [-0.05, 0) is 91.2 Å². The van der Waals surface area contributed by atoms with Gasteiger partial charge in [0.15, 0.2) is 0 Å². The zero-order valence-corrected chi connectivity index (χ0v) is 22.4. The maximum absolute atomic E-state index is 13.5. The third-order valence-electron chi connectivity index (χ3n) is 8.52. The molecule has 2 heterocycles. The third-order valence-corrected chi connectivity index (χ3v) is 8.52. The van der Waals surface area contributed by atoms with E-state index < -0.39 is 0 Å². The molecule has 2 atom stereocenters. The summed E-state index contributed by atoms with van der Waals surface area (Å²) >= 11 is 0. The summed E-state index contributed by atoms with van der Waals surface area (Å²) < 4.78 is 1.84. The normalized spacial score (nSPS) is 21.9. The van der Waals surface area contributed by atoms with Crippen LogP contribution in [0.2, 0.25) is 0 Å². The Balaban J connectivity index is 1.25. The number of pyridine rings is 1. The van der Waals surface area contributed by atoms with Gasteiger partial charge in [-0.2, -0.15) is 0 Å². The summed E-state index contributed by atoms with van der Waals surface area (Å²) in [5, 5.41) is 8.27. The molecule has 38 heavy (non-hydrogen) atoms. The number of fused-ring (bicyclic) bond motifs is 1. The van der Waals surface area contributed by atoms with Crippen molar-refractivity contribution in [1.82, 2.24) is 15.2 Å². The van der Waals surface area contributed by atoms with Crippen molar-refractivity contribution >= 4 is 16.7 Å². The highest BCUT2D eigenvalue weighted by Gasteiger charge is 2.27. The number of carbonyl (C=O) groups is 1. The van der Waals surface area contributed by atoms with E-state index in [4.69, 9.17) is 0 Å². The van der Waals surface area contributed by atoms with E-state index in [-0.39, 0.29) is 23.3 Å². The lowest BCUT2D eigenvalue weighted by Crippen LogP contribution is -2.28. The van der Waals surface area contributed by atoms with Crippen molar-refractivity contribution in [3.05, 3.63) is 105 Å². The lowest BCUT2D eigenvalue weighted by atomic mass is 9.81. The number of aryl methyl sites for hydroxylation is 1. The van der Waals surface area contributed by atoms with Crippen LogP contribution < -0.4 is 16.2 Å². The van der Waals surface area contributed by atoms with Crippen LogP contribution in [0.3, 0.4) is 0 Å². The minimum atomic E-state index is 0.0179. The highest BCUT2D eigenvalue weighted by Crippen LogP contribution is 2.34. The molecule has 5 nitrogen and oxygen atoms in total. The van der Waals surface area contributed by atoms with Crippen molar-refractivity contribution in [3.8, 4) is 0 Å². The van der Waals surface area contributed by atoms with Crippen LogP contribution >= 0.6 is 0 Å². The molecule has 1 amide bonds. The molecule has 2 N–H and O–H groups in total. The number of piperidine rings is 1. The monoisotopic (exact) mass is 507 g/mol. The van der Waals surface area contributed by atoms with E-state index >= 15 is 0 Å². The molecular weight excluding hydrogens is 470 g/mol. The fourth-order valence-electron chi connectivity index (χ4n) is 5.99. The van der Waals surface area contributed by atoms with E-state index in [1.54, 1.807) is 0 Å². The molecule has 5 heteroatoms. The van der Waals surface area contributed by atoms with Crippen LogP contribution in [-0.4, -0.2) is 29.6 Å². The summed E-state index contributed by atoms with van der Waals surface area (Å²) in [7, 11) is 0. The van der Waals surface area contributed by atoms with Crippen LogP contribution in [0.4, 0.5) is 0 Å². The van der Waals surface area contributed by atoms with Gasteiger partial charge in [0.2, 0.25) is 0 Å². The van der Waals surface area contributed by atoms with E-state index in [2.05, 4.69) is 73.0 Å². The Morgan fingerprint density at radius 1 is 1.00 bits per heavy atom. The molecule has 3 aliphatic rings. The Kier molecular flexibility index (Phi) is 6.79. The van der Waals surface area contributed by atoms with Crippen LogP contribution in [0.1, 0.15) is 66.7 Å². The highest BCUT2D eigenvalue weighted by molar-refractivity contribution is 5.97. The Bertz CT molecular complexity index is 1470. The van der Waals surface area contributed by atoms with E-state index in [1.807, 2.05) is 22.9 Å². The van der Waals surface area contributed by atoms with Gasteiger partial charge in [0.1, 0.15) is 0 Å². The fourth-order valence-corrected chi connectivity index (χ4v) is 5.99.